The van der Waals surface area contributed by atoms with E-state index in [1.54, 1.807) is 0 Å². The average molecular weight is 160 g/mol. The second-order valence-corrected chi connectivity index (χ2v) is 8.40. The Kier molecular flexibility index (Phi) is 2.71. The molecule has 0 aromatic rings. The Labute approximate surface area is 65.2 Å². The fourth-order valence-corrected chi connectivity index (χ4v) is 2.96. The highest BCUT2D eigenvalue weighted by molar-refractivity contribution is 7.71. The van der Waals surface area contributed by atoms with E-state index in [1.807, 2.05) is 0 Å². The fraction of sp³-hybridized carbons (Fsp3) is 1.00. The Morgan fingerprint density at radius 3 is 1.70 bits per heavy atom. The lowest BCUT2D eigenvalue weighted by Crippen LogP contribution is -2.28. The van der Waals surface area contributed by atoms with Gasteiger partial charge in [0.2, 0.25) is 0 Å². The van der Waals surface area contributed by atoms with Crippen molar-refractivity contribution in [1.29, 1.82) is 0 Å². The van der Waals surface area contributed by atoms with Crippen molar-refractivity contribution in [3.05, 3.63) is 0 Å². The summed E-state index contributed by atoms with van der Waals surface area (Å²) in [5, 5.41) is 0. The lowest BCUT2D eigenvalue weighted by atomic mass is 10.2. The maximum absolute atomic E-state index is 2.69. The first-order valence-corrected chi connectivity index (χ1v) is 7.26. The third kappa shape index (κ3) is 2.21. The van der Waals surface area contributed by atoms with Gasteiger partial charge in [0.05, 0.1) is 27.4 Å². The Morgan fingerprint density at radius 2 is 1.40 bits per heavy atom. The first-order valence-electron chi connectivity index (χ1n) is 4.17. The number of rotatable bonds is 1. The van der Waals surface area contributed by atoms with Gasteiger partial charge >= 0.3 is 0 Å². The molecule has 0 atom stereocenters. The van der Waals surface area contributed by atoms with E-state index in [2.05, 4.69) is 24.7 Å². The van der Waals surface area contributed by atoms with Crippen LogP contribution in [-0.2, 0) is 0 Å². The van der Waals surface area contributed by atoms with Crippen LogP contribution in [-0.4, -0.2) is 37.8 Å². The predicted molar refractivity (Wildman–Crippen MR) is 50.1 cm³/mol. The van der Waals surface area contributed by atoms with Crippen molar-refractivity contribution in [2.45, 2.75) is 19.3 Å². The van der Waals surface area contributed by atoms with Crippen LogP contribution in [0.15, 0.2) is 0 Å². The monoisotopic (exact) mass is 160 g/mol. The zero-order valence-electron chi connectivity index (χ0n) is 7.43. The lowest BCUT2D eigenvalue weighted by molar-refractivity contribution is 0.366. The van der Waals surface area contributed by atoms with Gasteiger partial charge in [-0.1, -0.05) is 6.42 Å². The van der Waals surface area contributed by atoms with Gasteiger partial charge in [-0.05, 0) is 12.8 Å². The zero-order chi connectivity index (χ0) is 7.61. The fourth-order valence-electron chi connectivity index (χ4n) is 1.48. The van der Waals surface area contributed by atoms with E-state index in [-0.39, 0.29) is 0 Å². The molecule has 1 saturated heterocycles. The second-order valence-electron chi connectivity index (χ2n) is 3.96. The van der Waals surface area contributed by atoms with Crippen molar-refractivity contribution in [1.82, 2.24) is 4.67 Å². The van der Waals surface area contributed by atoms with Crippen LogP contribution in [0.1, 0.15) is 19.3 Å². The molecule has 0 amide bonds. The Hall–Kier alpha value is 0.390. The largest absolute Gasteiger partial charge is 0.181 e. The standard InChI is InChI=1S/C8H19NP/c1-10(2,3)9-7-5-4-6-8-9/h4-8H2,1-3H3/q+1. The average Bonchev–Trinajstić information content (AvgIpc) is 1.88. The molecule has 1 aliphatic rings. The van der Waals surface area contributed by atoms with Crippen LogP contribution >= 0.6 is 7.41 Å². The molecule has 10 heavy (non-hydrogen) atoms. The second kappa shape index (κ2) is 3.19. The molecule has 0 N–H and O–H groups in total. The third-order valence-electron chi connectivity index (χ3n) is 2.18. The van der Waals surface area contributed by atoms with E-state index >= 15 is 0 Å². The van der Waals surface area contributed by atoms with Crippen LogP contribution in [0.3, 0.4) is 0 Å². The van der Waals surface area contributed by atoms with E-state index in [0.29, 0.717) is 0 Å². The van der Waals surface area contributed by atoms with Crippen molar-refractivity contribution in [2.24, 2.45) is 0 Å². The van der Waals surface area contributed by atoms with E-state index in [0.717, 1.165) is 0 Å². The van der Waals surface area contributed by atoms with Crippen molar-refractivity contribution < 1.29 is 0 Å². The highest BCUT2D eigenvalue weighted by Crippen LogP contribution is 2.51. The molecule has 0 aromatic carbocycles. The zero-order valence-corrected chi connectivity index (χ0v) is 8.32. The molecule has 0 bridgehead atoms. The number of hydrogen-bond donors (Lipinski definition) is 0. The van der Waals surface area contributed by atoms with Crippen LogP contribution in [0.2, 0.25) is 0 Å². The normalized spacial score (nSPS) is 23.1. The van der Waals surface area contributed by atoms with Crippen molar-refractivity contribution in [2.75, 3.05) is 33.1 Å². The van der Waals surface area contributed by atoms with Crippen molar-refractivity contribution in [3.63, 3.8) is 0 Å². The number of nitrogens with zero attached hydrogens (tertiary/aromatic N) is 1. The highest BCUT2D eigenvalue weighted by atomic mass is 31.2. The van der Waals surface area contributed by atoms with Gasteiger partial charge in [0.1, 0.15) is 0 Å². The minimum atomic E-state index is -0.658. The number of piperidine rings is 1. The molecule has 1 aliphatic heterocycles. The molecule has 2 heteroatoms. The van der Waals surface area contributed by atoms with Gasteiger partial charge < -0.3 is 0 Å². The van der Waals surface area contributed by atoms with Crippen LogP contribution in [0.4, 0.5) is 0 Å². The topological polar surface area (TPSA) is 3.24 Å². The minimum Gasteiger partial charge on any atom is -0.181 e. The maximum atomic E-state index is 2.69. The molecule has 1 nitrogen and oxygen atoms in total. The van der Waals surface area contributed by atoms with E-state index in [4.69, 9.17) is 0 Å². The van der Waals surface area contributed by atoms with E-state index < -0.39 is 7.41 Å². The molecular weight excluding hydrogens is 141 g/mol. The van der Waals surface area contributed by atoms with Crippen LogP contribution in [0.5, 0.6) is 0 Å². The Bertz CT molecular complexity index is 100. The van der Waals surface area contributed by atoms with Crippen LogP contribution in [0.25, 0.3) is 0 Å². The summed E-state index contributed by atoms with van der Waals surface area (Å²) < 4.78 is 2.69. The molecule has 0 aromatic heterocycles. The summed E-state index contributed by atoms with van der Waals surface area (Å²) in [5.41, 5.74) is 0. The number of hydrogen-bond acceptors (Lipinski definition) is 1. The van der Waals surface area contributed by atoms with Gasteiger partial charge in [0.25, 0.3) is 0 Å². The first-order chi connectivity index (χ1) is 4.61. The molecule has 1 heterocycles. The van der Waals surface area contributed by atoms with Gasteiger partial charge in [-0.2, -0.15) is 4.67 Å². The quantitative estimate of drug-likeness (QED) is 0.532. The summed E-state index contributed by atoms with van der Waals surface area (Å²) in [7, 11) is -0.658. The van der Waals surface area contributed by atoms with E-state index in [9.17, 15) is 0 Å². The predicted octanol–water partition coefficient (Wildman–Crippen LogP) is 2.29. The molecule has 1 fully saturated rings. The summed E-state index contributed by atoms with van der Waals surface area (Å²) in [6.07, 6.45) is 4.31. The first kappa shape index (κ1) is 8.49. The molecular formula is C8H19NP+. The summed E-state index contributed by atoms with van der Waals surface area (Å²) in [6, 6.07) is 0. The molecule has 60 valence electrons. The van der Waals surface area contributed by atoms with Gasteiger partial charge in [-0.15, -0.1) is 0 Å². The van der Waals surface area contributed by atoms with Crippen LogP contribution < -0.4 is 0 Å². The van der Waals surface area contributed by atoms with Gasteiger partial charge in [-0.25, -0.2) is 0 Å². The summed E-state index contributed by atoms with van der Waals surface area (Å²) in [6.45, 7) is 9.96. The Morgan fingerprint density at radius 1 is 0.900 bits per heavy atom. The summed E-state index contributed by atoms with van der Waals surface area (Å²) in [5.74, 6) is 0. The summed E-state index contributed by atoms with van der Waals surface area (Å²) in [4.78, 5) is 0. The minimum absolute atomic E-state index is 0.658. The molecule has 0 spiro atoms. The lowest BCUT2D eigenvalue weighted by Gasteiger charge is -2.31. The van der Waals surface area contributed by atoms with Gasteiger partial charge in [0.15, 0.2) is 0 Å². The molecule has 0 saturated carbocycles. The van der Waals surface area contributed by atoms with Gasteiger partial charge in [0, 0.05) is 13.1 Å². The highest BCUT2D eigenvalue weighted by Gasteiger charge is 2.28. The Balaban J connectivity index is 2.39. The maximum Gasteiger partial charge on any atom is 0.0741 e. The van der Waals surface area contributed by atoms with E-state index in [1.165, 1.54) is 32.4 Å². The molecule has 0 radical (unpaired) electrons. The smallest absolute Gasteiger partial charge is 0.0741 e. The molecule has 1 rings (SSSR count). The summed E-state index contributed by atoms with van der Waals surface area (Å²) >= 11 is 0. The van der Waals surface area contributed by atoms with Crippen LogP contribution in [0, 0.1) is 0 Å². The SMILES string of the molecule is C[P+](C)(C)N1CCCCC1. The van der Waals surface area contributed by atoms with Crippen molar-refractivity contribution in [3.8, 4) is 0 Å². The van der Waals surface area contributed by atoms with Gasteiger partial charge in [-0.3, -0.25) is 0 Å². The molecule has 0 aliphatic carbocycles. The third-order valence-corrected chi connectivity index (χ3v) is 4.28. The molecule has 0 unspecified atom stereocenters. The van der Waals surface area contributed by atoms with Crippen molar-refractivity contribution >= 4 is 7.41 Å².